The highest BCUT2D eigenvalue weighted by Crippen LogP contribution is 2.36. The minimum atomic E-state index is -1.27. The summed E-state index contributed by atoms with van der Waals surface area (Å²) in [6.45, 7) is 2.77. The standard InChI is InChI=1S/C28H27NO7/c1-4-29-15-23(28(31)32)26(30)22-13-14-24(35-16-18-5-9-20(33-2)10-6-18)27(25(22)29)36-17-19-7-11-21(34-3)12-8-19/h5-15H,4,16-17H2,1-3H3,(H,31,32). The average molecular weight is 490 g/mol. The molecule has 1 aromatic heterocycles. The first-order chi connectivity index (χ1) is 17.4. The fraction of sp³-hybridized carbons (Fsp3) is 0.214. The molecule has 0 saturated heterocycles. The van der Waals surface area contributed by atoms with E-state index in [2.05, 4.69) is 0 Å². The number of rotatable bonds is 10. The van der Waals surface area contributed by atoms with Gasteiger partial charge in [-0.05, 0) is 54.4 Å². The van der Waals surface area contributed by atoms with Crippen molar-refractivity contribution in [1.29, 1.82) is 0 Å². The van der Waals surface area contributed by atoms with Crippen molar-refractivity contribution in [2.45, 2.75) is 26.7 Å². The third-order valence-corrected chi connectivity index (χ3v) is 5.82. The maximum atomic E-state index is 13.0. The SMILES string of the molecule is CCn1cc(C(=O)O)c(=O)c2ccc(OCc3ccc(OC)cc3)c(OCc3ccc(OC)cc3)c21. The second-order valence-electron chi connectivity index (χ2n) is 8.03. The Bertz CT molecular complexity index is 1420. The topological polar surface area (TPSA) is 96.2 Å². The summed E-state index contributed by atoms with van der Waals surface area (Å²) in [5.41, 5.74) is 1.43. The van der Waals surface area contributed by atoms with Gasteiger partial charge in [0, 0.05) is 12.7 Å². The summed E-state index contributed by atoms with van der Waals surface area (Å²) in [6.07, 6.45) is 1.35. The van der Waals surface area contributed by atoms with Gasteiger partial charge in [0.25, 0.3) is 0 Å². The highest BCUT2D eigenvalue weighted by atomic mass is 16.5. The number of aromatic nitrogens is 1. The zero-order chi connectivity index (χ0) is 25.7. The number of nitrogens with zero attached hydrogens (tertiary/aromatic N) is 1. The van der Waals surface area contributed by atoms with E-state index in [1.807, 2.05) is 55.5 Å². The molecule has 1 N–H and O–H groups in total. The number of ether oxygens (including phenoxy) is 4. The summed E-state index contributed by atoms with van der Waals surface area (Å²) >= 11 is 0. The van der Waals surface area contributed by atoms with Gasteiger partial charge in [-0.15, -0.1) is 0 Å². The lowest BCUT2D eigenvalue weighted by Gasteiger charge is -2.19. The van der Waals surface area contributed by atoms with Crippen LogP contribution in [0.1, 0.15) is 28.4 Å². The third kappa shape index (κ3) is 5.12. The van der Waals surface area contributed by atoms with Crippen molar-refractivity contribution < 1.29 is 28.8 Å². The highest BCUT2D eigenvalue weighted by Gasteiger charge is 2.20. The van der Waals surface area contributed by atoms with Crippen molar-refractivity contribution in [1.82, 2.24) is 4.57 Å². The predicted molar refractivity (Wildman–Crippen MR) is 135 cm³/mol. The van der Waals surface area contributed by atoms with E-state index in [-0.39, 0.29) is 24.2 Å². The quantitative estimate of drug-likeness (QED) is 0.339. The molecule has 8 heteroatoms. The molecule has 0 aliphatic rings. The van der Waals surface area contributed by atoms with E-state index in [1.54, 1.807) is 30.9 Å². The molecular formula is C28H27NO7. The molecule has 0 saturated carbocycles. The molecule has 3 aromatic carbocycles. The normalized spacial score (nSPS) is 10.8. The summed E-state index contributed by atoms with van der Waals surface area (Å²) in [5.74, 6) is 1.01. The van der Waals surface area contributed by atoms with E-state index in [4.69, 9.17) is 18.9 Å². The smallest absolute Gasteiger partial charge is 0.341 e. The fourth-order valence-electron chi connectivity index (χ4n) is 3.86. The Morgan fingerprint density at radius 3 is 1.89 bits per heavy atom. The minimum absolute atomic E-state index is 0.209. The monoisotopic (exact) mass is 489 g/mol. The lowest BCUT2D eigenvalue weighted by molar-refractivity contribution is 0.0695. The predicted octanol–water partition coefficient (Wildman–Crippen LogP) is 4.89. The molecule has 0 unspecified atom stereocenters. The largest absolute Gasteiger partial charge is 0.497 e. The second kappa shape index (κ2) is 10.9. The molecule has 0 amide bonds. The Kier molecular flexibility index (Phi) is 7.44. The van der Waals surface area contributed by atoms with Crippen molar-refractivity contribution in [3.05, 3.63) is 93.8 Å². The lowest BCUT2D eigenvalue weighted by atomic mass is 10.1. The summed E-state index contributed by atoms with van der Waals surface area (Å²) in [4.78, 5) is 24.6. The van der Waals surface area contributed by atoms with Crippen LogP contribution < -0.4 is 24.4 Å². The number of hydrogen-bond donors (Lipinski definition) is 1. The van der Waals surface area contributed by atoms with Gasteiger partial charge in [0.1, 0.15) is 30.3 Å². The number of aromatic carboxylic acids is 1. The molecule has 0 spiro atoms. The maximum absolute atomic E-state index is 13.0. The second-order valence-corrected chi connectivity index (χ2v) is 8.03. The number of methoxy groups -OCH3 is 2. The molecule has 4 rings (SSSR count). The fourth-order valence-corrected chi connectivity index (χ4v) is 3.86. The van der Waals surface area contributed by atoms with Gasteiger partial charge in [0.2, 0.25) is 5.43 Å². The van der Waals surface area contributed by atoms with Gasteiger partial charge in [-0.1, -0.05) is 24.3 Å². The van der Waals surface area contributed by atoms with E-state index >= 15 is 0 Å². The summed E-state index contributed by atoms with van der Waals surface area (Å²) in [7, 11) is 3.21. The van der Waals surface area contributed by atoms with Crippen molar-refractivity contribution in [2.24, 2.45) is 0 Å². The zero-order valence-corrected chi connectivity index (χ0v) is 20.3. The molecular weight excluding hydrogens is 462 g/mol. The van der Waals surface area contributed by atoms with Crippen LogP contribution in [0.15, 0.2) is 71.7 Å². The van der Waals surface area contributed by atoms with Crippen LogP contribution in [0, 0.1) is 0 Å². The van der Waals surface area contributed by atoms with Gasteiger partial charge in [-0.2, -0.15) is 0 Å². The maximum Gasteiger partial charge on any atom is 0.341 e. The molecule has 0 bridgehead atoms. The Labute approximate surface area is 208 Å². The number of fused-ring (bicyclic) bond motifs is 1. The van der Waals surface area contributed by atoms with Crippen molar-refractivity contribution >= 4 is 16.9 Å². The number of pyridine rings is 1. The molecule has 0 atom stereocenters. The van der Waals surface area contributed by atoms with Crippen LogP contribution >= 0.6 is 0 Å². The molecule has 0 aliphatic heterocycles. The van der Waals surface area contributed by atoms with Crippen molar-refractivity contribution in [3.63, 3.8) is 0 Å². The van der Waals surface area contributed by atoms with Crippen LogP contribution in [0.3, 0.4) is 0 Å². The zero-order valence-electron chi connectivity index (χ0n) is 20.3. The van der Waals surface area contributed by atoms with Crippen LogP contribution in [0.2, 0.25) is 0 Å². The summed E-state index contributed by atoms with van der Waals surface area (Å²) < 4.78 is 24.5. The van der Waals surface area contributed by atoms with E-state index in [9.17, 15) is 14.7 Å². The van der Waals surface area contributed by atoms with Crippen LogP contribution in [0.4, 0.5) is 0 Å². The molecule has 0 aliphatic carbocycles. The van der Waals surface area contributed by atoms with Crippen LogP contribution in [-0.4, -0.2) is 29.9 Å². The first kappa shape index (κ1) is 24.7. The van der Waals surface area contributed by atoms with Gasteiger partial charge in [0.15, 0.2) is 11.5 Å². The molecule has 8 nitrogen and oxygen atoms in total. The third-order valence-electron chi connectivity index (χ3n) is 5.82. The van der Waals surface area contributed by atoms with Gasteiger partial charge in [0.05, 0.1) is 25.1 Å². The van der Waals surface area contributed by atoms with Crippen LogP contribution in [-0.2, 0) is 19.8 Å². The molecule has 0 fully saturated rings. The molecule has 186 valence electrons. The molecule has 36 heavy (non-hydrogen) atoms. The van der Waals surface area contributed by atoms with Crippen LogP contribution in [0.5, 0.6) is 23.0 Å². The molecule has 4 aromatic rings. The Morgan fingerprint density at radius 2 is 1.39 bits per heavy atom. The number of carboxylic acid groups (broad SMARTS) is 1. The Morgan fingerprint density at radius 1 is 0.833 bits per heavy atom. The first-order valence-electron chi connectivity index (χ1n) is 11.4. The van der Waals surface area contributed by atoms with Gasteiger partial charge in [-0.25, -0.2) is 4.79 Å². The minimum Gasteiger partial charge on any atom is -0.497 e. The first-order valence-corrected chi connectivity index (χ1v) is 11.4. The molecule has 1 heterocycles. The van der Waals surface area contributed by atoms with Crippen molar-refractivity contribution in [3.8, 4) is 23.0 Å². The lowest BCUT2D eigenvalue weighted by Crippen LogP contribution is -2.19. The van der Waals surface area contributed by atoms with Gasteiger partial charge >= 0.3 is 5.97 Å². The van der Waals surface area contributed by atoms with E-state index in [1.165, 1.54) is 6.20 Å². The van der Waals surface area contributed by atoms with Crippen molar-refractivity contribution in [2.75, 3.05) is 14.2 Å². The number of aryl methyl sites for hydroxylation is 1. The summed E-state index contributed by atoms with van der Waals surface area (Å²) in [6, 6.07) is 18.2. The summed E-state index contributed by atoms with van der Waals surface area (Å²) in [5, 5.41) is 9.77. The van der Waals surface area contributed by atoms with E-state index in [0.717, 1.165) is 22.6 Å². The van der Waals surface area contributed by atoms with E-state index in [0.29, 0.717) is 23.6 Å². The number of carbonyl (C=O) groups is 1. The number of hydrogen-bond acceptors (Lipinski definition) is 6. The average Bonchev–Trinajstić information content (AvgIpc) is 2.91. The number of carboxylic acids is 1. The van der Waals surface area contributed by atoms with Gasteiger partial charge in [-0.3, -0.25) is 4.79 Å². The Balaban J connectivity index is 1.76. The highest BCUT2D eigenvalue weighted by molar-refractivity contribution is 5.95. The molecule has 0 radical (unpaired) electrons. The van der Waals surface area contributed by atoms with E-state index < -0.39 is 11.4 Å². The van der Waals surface area contributed by atoms with Crippen LogP contribution in [0.25, 0.3) is 10.9 Å². The van der Waals surface area contributed by atoms with Gasteiger partial charge < -0.3 is 28.6 Å². The number of benzene rings is 3. The Hall–Kier alpha value is -4.46.